The van der Waals surface area contributed by atoms with Crippen LogP contribution < -0.4 is 9.47 Å². The number of rotatable bonds is 5. The summed E-state index contributed by atoms with van der Waals surface area (Å²) in [6.07, 6.45) is 1.63. The second kappa shape index (κ2) is 6.79. The van der Waals surface area contributed by atoms with E-state index in [1.807, 2.05) is 24.3 Å². The third-order valence-corrected chi connectivity index (χ3v) is 3.86. The maximum Gasteiger partial charge on any atom is 0.230 e. The summed E-state index contributed by atoms with van der Waals surface area (Å²) in [7, 11) is 1.63. The number of para-hydroxylation sites is 1. The lowest BCUT2D eigenvalue weighted by atomic mass is 10.1. The van der Waals surface area contributed by atoms with Crippen LogP contribution in [0.25, 0.3) is 11.5 Å². The van der Waals surface area contributed by atoms with E-state index in [9.17, 15) is 0 Å². The van der Waals surface area contributed by atoms with E-state index < -0.39 is 0 Å². The number of oxazole rings is 1. The molecule has 3 rings (SSSR count). The summed E-state index contributed by atoms with van der Waals surface area (Å²) < 4.78 is 16.9. The molecule has 1 aromatic heterocycles. The fourth-order valence-electron chi connectivity index (χ4n) is 2.86. The van der Waals surface area contributed by atoms with Crippen molar-refractivity contribution < 1.29 is 13.9 Å². The average Bonchev–Trinajstić information content (AvgIpc) is 3.02. The molecule has 0 saturated carbocycles. The third-order valence-electron chi connectivity index (χ3n) is 3.86. The monoisotopic (exact) mass is 323 g/mol. The van der Waals surface area contributed by atoms with E-state index in [-0.39, 0.29) is 0 Å². The highest BCUT2D eigenvalue weighted by Crippen LogP contribution is 2.29. The van der Waals surface area contributed by atoms with E-state index in [1.165, 1.54) is 5.56 Å². The van der Waals surface area contributed by atoms with Gasteiger partial charge in [0.1, 0.15) is 30.1 Å². The number of hydrogen-bond acceptors (Lipinski definition) is 4. The number of benzene rings is 2. The molecule has 0 spiro atoms. The zero-order valence-electron chi connectivity index (χ0n) is 14.4. The summed E-state index contributed by atoms with van der Waals surface area (Å²) in [6.45, 7) is 6.56. The standard InChI is InChI=1S/C20H21NO3/c1-13-9-14(2)19(15(3)10-13)23-11-16-12-24-20(21-16)17-7-5-6-8-18(17)22-4/h5-10,12H,11H2,1-4H3. The summed E-state index contributed by atoms with van der Waals surface area (Å²) in [6, 6.07) is 11.9. The van der Waals surface area contributed by atoms with E-state index in [0.717, 1.165) is 33.9 Å². The van der Waals surface area contributed by atoms with Crippen molar-refractivity contribution in [3.05, 3.63) is 65.0 Å². The molecular weight excluding hydrogens is 302 g/mol. The zero-order chi connectivity index (χ0) is 17.1. The summed E-state index contributed by atoms with van der Waals surface area (Å²) in [5.74, 6) is 2.17. The molecule has 3 aromatic rings. The van der Waals surface area contributed by atoms with E-state index in [2.05, 4.69) is 37.9 Å². The first-order valence-electron chi connectivity index (χ1n) is 7.87. The summed E-state index contributed by atoms with van der Waals surface area (Å²) in [4.78, 5) is 4.51. The lowest BCUT2D eigenvalue weighted by Crippen LogP contribution is -2.00. The van der Waals surface area contributed by atoms with Crippen molar-refractivity contribution in [2.75, 3.05) is 7.11 Å². The van der Waals surface area contributed by atoms with Gasteiger partial charge in [-0.05, 0) is 44.0 Å². The van der Waals surface area contributed by atoms with Crippen molar-refractivity contribution in [3.8, 4) is 23.0 Å². The van der Waals surface area contributed by atoms with Gasteiger partial charge in [0, 0.05) is 0 Å². The molecule has 0 bridgehead atoms. The van der Waals surface area contributed by atoms with E-state index in [1.54, 1.807) is 13.4 Å². The first kappa shape index (κ1) is 16.1. The second-order valence-electron chi connectivity index (χ2n) is 5.86. The maximum absolute atomic E-state index is 5.96. The first-order valence-corrected chi connectivity index (χ1v) is 7.87. The Morgan fingerprint density at radius 1 is 1.04 bits per heavy atom. The van der Waals surface area contributed by atoms with Gasteiger partial charge in [-0.2, -0.15) is 0 Å². The Bertz CT molecular complexity index is 829. The van der Waals surface area contributed by atoms with Gasteiger partial charge in [-0.15, -0.1) is 0 Å². The van der Waals surface area contributed by atoms with Crippen LogP contribution in [0.15, 0.2) is 47.1 Å². The molecule has 124 valence electrons. The van der Waals surface area contributed by atoms with Crippen LogP contribution >= 0.6 is 0 Å². The van der Waals surface area contributed by atoms with Crippen molar-refractivity contribution in [2.24, 2.45) is 0 Å². The molecule has 1 heterocycles. The van der Waals surface area contributed by atoms with Crippen LogP contribution in [-0.2, 0) is 6.61 Å². The van der Waals surface area contributed by atoms with Crippen LogP contribution in [0.5, 0.6) is 11.5 Å². The number of methoxy groups -OCH3 is 1. The second-order valence-corrected chi connectivity index (χ2v) is 5.86. The molecule has 24 heavy (non-hydrogen) atoms. The predicted octanol–water partition coefficient (Wildman–Crippen LogP) is 4.85. The van der Waals surface area contributed by atoms with Crippen LogP contribution in [0.3, 0.4) is 0 Å². The minimum atomic E-state index is 0.364. The molecule has 2 aromatic carbocycles. The molecule has 0 N–H and O–H groups in total. The molecule has 0 aliphatic carbocycles. The molecule has 0 aliphatic rings. The highest BCUT2D eigenvalue weighted by Gasteiger charge is 2.12. The maximum atomic E-state index is 5.96. The molecule has 0 saturated heterocycles. The van der Waals surface area contributed by atoms with Crippen molar-refractivity contribution in [3.63, 3.8) is 0 Å². The highest BCUT2D eigenvalue weighted by molar-refractivity contribution is 5.62. The van der Waals surface area contributed by atoms with Gasteiger partial charge in [0.15, 0.2) is 0 Å². The molecule has 0 atom stereocenters. The zero-order valence-corrected chi connectivity index (χ0v) is 14.4. The lowest BCUT2D eigenvalue weighted by molar-refractivity contribution is 0.297. The van der Waals surface area contributed by atoms with E-state index in [0.29, 0.717) is 12.5 Å². The number of aryl methyl sites for hydroxylation is 3. The van der Waals surface area contributed by atoms with Crippen LogP contribution in [0, 0.1) is 20.8 Å². The quantitative estimate of drug-likeness (QED) is 0.673. The van der Waals surface area contributed by atoms with Crippen LogP contribution in [0.2, 0.25) is 0 Å². The van der Waals surface area contributed by atoms with Crippen molar-refractivity contribution in [1.82, 2.24) is 4.98 Å². The third kappa shape index (κ3) is 3.27. The minimum Gasteiger partial charge on any atom is -0.496 e. The van der Waals surface area contributed by atoms with Gasteiger partial charge in [0.05, 0.1) is 12.7 Å². The first-order chi connectivity index (χ1) is 11.6. The van der Waals surface area contributed by atoms with Gasteiger partial charge in [-0.3, -0.25) is 0 Å². The molecule has 0 unspecified atom stereocenters. The largest absolute Gasteiger partial charge is 0.496 e. The molecule has 0 aliphatic heterocycles. The number of ether oxygens (including phenoxy) is 2. The topological polar surface area (TPSA) is 44.5 Å². The van der Waals surface area contributed by atoms with E-state index in [4.69, 9.17) is 13.9 Å². The van der Waals surface area contributed by atoms with Gasteiger partial charge in [-0.25, -0.2) is 4.98 Å². The predicted molar refractivity (Wildman–Crippen MR) is 93.5 cm³/mol. The SMILES string of the molecule is COc1ccccc1-c1nc(COc2c(C)cc(C)cc2C)co1. The number of aromatic nitrogens is 1. The van der Waals surface area contributed by atoms with Gasteiger partial charge < -0.3 is 13.9 Å². The lowest BCUT2D eigenvalue weighted by Gasteiger charge is -2.11. The smallest absolute Gasteiger partial charge is 0.230 e. The van der Waals surface area contributed by atoms with Gasteiger partial charge in [-0.1, -0.05) is 29.8 Å². The molecule has 0 fully saturated rings. The Balaban J connectivity index is 1.78. The summed E-state index contributed by atoms with van der Waals surface area (Å²) >= 11 is 0. The Morgan fingerprint density at radius 3 is 2.46 bits per heavy atom. The van der Waals surface area contributed by atoms with Gasteiger partial charge >= 0.3 is 0 Å². The molecule has 4 heteroatoms. The molecule has 4 nitrogen and oxygen atoms in total. The van der Waals surface area contributed by atoms with Crippen molar-refractivity contribution in [2.45, 2.75) is 27.4 Å². The van der Waals surface area contributed by atoms with Crippen LogP contribution in [-0.4, -0.2) is 12.1 Å². The number of nitrogens with zero attached hydrogens (tertiary/aromatic N) is 1. The Morgan fingerprint density at radius 2 is 1.75 bits per heavy atom. The normalized spacial score (nSPS) is 10.7. The van der Waals surface area contributed by atoms with Crippen molar-refractivity contribution in [1.29, 1.82) is 0 Å². The fourth-order valence-corrected chi connectivity index (χ4v) is 2.86. The Kier molecular flexibility index (Phi) is 4.56. The Hall–Kier alpha value is -2.75. The van der Waals surface area contributed by atoms with Gasteiger partial charge in [0.2, 0.25) is 5.89 Å². The summed E-state index contributed by atoms with van der Waals surface area (Å²) in [5, 5.41) is 0. The minimum absolute atomic E-state index is 0.364. The fraction of sp³-hybridized carbons (Fsp3) is 0.250. The van der Waals surface area contributed by atoms with Crippen LogP contribution in [0.1, 0.15) is 22.4 Å². The Labute approximate surface area is 142 Å². The van der Waals surface area contributed by atoms with Gasteiger partial charge in [0.25, 0.3) is 0 Å². The average molecular weight is 323 g/mol. The molecule has 0 radical (unpaired) electrons. The van der Waals surface area contributed by atoms with E-state index >= 15 is 0 Å². The van der Waals surface area contributed by atoms with Crippen LogP contribution in [0.4, 0.5) is 0 Å². The number of hydrogen-bond donors (Lipinski definition) is 0. The highest BCUT2D eigenvalue weighted by atomic mass is 16.5. The molecular formula is C20H21NO3. The summed E-state index contributed by atoms with van der Waals surface area (Å²) in [5.41, 5.74) is 5.06. The molecule has 0 amide bonds. The van der Waals surface area contributed by atoms with Crippen molar-refractivity contribution >= 4 is 0 Å².